The van der Waals surface area contributed by atoms with Gasteiger partial charge in [0.15, 0.2) is 0 Å². The van der Waals surface area contributed by atoms with Crippen molar-refractivity contribution in [3.8, 4) is 5.69 Å². The molecule has 1 aromatic heterocycles. The Morgan fingerprint density at radius 2 is 2.04 bits per heavy atom. The molecule has 8 heteroatoms. The maximum Gasteiger partial charge on any atom is 0.243 e. The maximum atomic E-state index is 12.3. The Hall–Kier alpha value is -2.57. The summed E-state index contributed by atoms with van der Waals surface area (Å²) in [5.74, 6) is -0.219. The van der Waals surface area contributed by atoms with Gasteiger partial charge in [-0.25, -0.2) is 9.67 Å². The van der Waals surface area contributed by atoms with E-state index < -0.39 is 0 Å². The van der Waals surface area contributed by atoms with E-state index >= 15 is 0 Å². The molecule has 0 atom stereocenters. The van der Waals surface area contributed by atoms with Crippen molar-refractivity contribution in [1.82, 2.24) is 14.8 Å². The number of carbonyl (C=O) groups excluding carboxylic acids is 1. The SMILES string of the molecule is Cc1c(Cl)cccc1NCC(=O)Nc1cc(Cl)ccc1-n1cncn1. The van der Waals surface area contributed by atoms with Crippen LogP contribution in [0.1, 0.15) is 5.56 Å². The van der Waals surface area contributed by atoms with Gasteiger partial charge in [-0.05, 0) is 42.8 Å². The van der Waals surface area contributed by atoms with Gasteiger partial charge in [-0.15, -0.1) is 0 Å². The first-order chi connectivity index (χ1) is 12.0. The molecule has 0 saturated heterocycles. The van der Waals surface area contributed by atoms with Gasteiger partial charge < -0.3 is 10.6 Å². The zero-order valence-electron chi connectivity index (χ0n) is 13.3. The number of hydrogen-bond donors (Lipinski definition) is 2. The predicted molar refractivity (Wildman–Crippen MR) is 99.7 cm³/mol. The van der Waals surface area contributed by atoms with Crippen LogP contribution in [0, 0.1) is 6.92 Å². The lowest BCUT2D eigenvalue weighted by Gasteiger charge is -2.13. The zero-order chi connectivity index (χ0) is 17.8. The second-order valence-corrected chi connectivity index (χ2v) is 6.16. The number of anilines is 2. The Bertz CT molecular complexity index is 896. The largest absolute Gasteiger partial charge is 0.376 e. The third kappa shape index (κ3) is 4.10. The van der Waals surface area contributed by atoms with Crippen LogP contribution in [0.4, 0.5) is 11.4 Å². The van der Waals surface area contributed by atoms with Gasteiger partial charge in [0.2, 0.25) is 5.91 Å². The minimum atomic E-state index is -0.219. The smallest absolute Gasteiger partial charge is 0.243 e. The molecule has 3 rings (SSSR count). The molecule has 0 aliphatic heterocycles. The first-order valence-electron chi connectivity index (χ1n) is 7.48. The van der Waals surface area contributed by atoms with Crippen LogP contribution in [-0.2, 0) is 4.79 Å². The number of carbonyl (C=O) groups is 1. The average Bonchev–Trinajstić information content (AvgIpc) is 3.10. The number of aromatic nitrogens is 3. The molecule has 0 radical (unpaired) electrons. The molecule has 25 heavy (non-hydrogen) atoms. The molecule has 0 spiro atoms. The lowest BCUT2D eigenvalue weighted by molar-refractivity contribution is -0.114. The predicted octanol–water partition coefficient (Wildman–Crippen LogP) is 3.93. The van der Waals surface area contributed by atoms with Crippen molar-refractivity contribution in [3.63, 3.8) is 0 Å². The van der Waals surface area contributed by atoms with Crippen molar-refractivity contribution in [3.05, 3.63) is 64.7 Å². The van der Waals surface area contributed by atoms with Crippen LogP contribution in [0.25, 0.3) is 5.69 Å². The lowest BCUT2D eigenvalue weighted by Crippen LogP contribution is -2.23. The van der Waals surface area contributed by atoms with Gasteiger partial charge >= 0.3 is 0 Å². The van der Waals surface area contributed by atoms with Gasteiger partial charge in [0.1, 0.15) is 12.7 Å². The van der Waals surface area contributed by atoms with E-state index in [4.69, 9.17) is 23.2 Å². The van der Waals surface area contributed by atoms with Gasteiger partial charge in [-0.2, -0.15) is 5.10 Å². The second kappa shape index (κ2) is 7.55. The molecule has 1 amide bonds. The molecule has 0 aliphatic rings. The van der Waals surface area contributed by atoms with Crippen LogP contribution >= 0.6 is 23.2 Å². The summed E-state index contributed by atoms with van der Waals surface area (Å²) >= 11 is 12.1. The van der Waals surface area contributed by atoms with Crippen molar-refractivity contribution in [2.45, 2.75) is 6.92 Å². The van der Waals surface area contributed by atoms with E-state index in [0.717, 1.165) is 11.3 Å². The van der Waals surface area contributed by atoms with Gasteiger partial charge in [0.25, 0.3) is 0 Å². The molecule has 0 aliphatic carbocycles. The molecule has 128 valence electrons. The Labute approximate surface area is 154 Å². The molecule has 2 aromatic carbocycles. The van der Waals surface area contributed by atoms with Crippen LogP contribution in [0.5, 0.6) is 0 Å². The minimum Gasteiger partial charge on any atom is -0.376 e. The van der Waals surface area contributed by atoms with Gasteiger partial charge in [-0.3, -0.25) is 4.79 Å². The monoisotopic (exact) mass is 375 g/mol. The number of hydrogen-bond acceptors (Lipinski definition) is 4. The Morgan fingerprint density at radius 3 is 2.80 bits per heavy atom. The summed E-state index contributed by atoms with van der Waals surface area (Å²) < 4.78 is 1.56. The first-order valence-corrected chi connectivity index (χ1v) is 8.23. The molecule has 3 aromatic rings. The standard InChI is InChI=1S/C17H15Cl2N5O/c1-11-13(19)3-2-4-14(11)21-8-17(25)23-15-7-12(18)5-6-16(15)24-10-20-9-22-24/h2-7,9-10,21H,8H2,1H3,(H,23,25). The highest BCUT2D eigenvalue weighted by atomic mass is 35.5. The summed E-state index contributed by atoms with van der Waals surface area (Å²) in [6.07, 6.45) is 2.97. The summed E-state index contributed by atoms with van der Waals surface area (Å²) in [6.45, 7) is 1.98. The molecule has 0 fully saturated rings. The van der Waals surface area contributed by atoms with Crippen LogP contribution < -0.4 is 10.6 Å². The summed E-state index contributed by atoms with van der Waals surface area (Å²) in [4.78, 5) is 16.2. The summed E-state index contributed by atoms with van der Waals surface area (Å²) in [5.41, 5.74) is 2.93. The van der Waals surface area contributed by atoms with E-state index in [1.165, 1.54) is 6.33 Å². The lowest BCUT2D eigenvalue weighted by atomic mass is 10.2. The Morgan fingerprint density at radius 1 is 1.20 bits per heavy atom. The minimum absolute atomic E-state index is 0.0878. The maximum absolute atomic E-state index is 12.3. The molecular formula is C17H15Cl2N5O. The van der Waals surface area contributed by atoms with Crippen molar-refractivity contribution in [2.24, 2.45) is 0 Å². The van der Waals surface area contributed by atoms with Crippen LogP contribution in [0.2, 0.25) is 10.0 Å². The number of halogens is 2. The topological polar surface area (TPSA) is 71.8 Å². The fourth-order valence-corrected chi connectivity index (χ4v) is 2.66. The van der Waals surface area contributed by atoms with Gasteiger partial charge in [-0.1, -0.05) is 29.3 Å². The molecule has 0 unspecified atom stereocenters. The summed E-state index contributed by atoms with van der Waals surface area (Å²) in [6, 6.07) is 10.7. The van der Waals surface area contributed by atoms with E-state index in [0.29, 0.717) is 21.4 Å². The number of amides is 1. The number of nitrogens with zero attached hydrogens (tertiary/aromatic N) is 3. The third-order valence-electron chi connectivity index (χ3n) is 3.61. The fourth-order valence-electron chi connectivity index (χ4n) is 2.31. The Balaban J connectivity index is 1.73. The third-order valence-corrected chi connectivity index (χ3v) is 4.25. The van der Waals surface area contributed by atoms with E-state index in [1.807, 2.05) is 19.1 Å². The molecule has 0 bridgehead atoms. The number of nitrogens with one attached hydrogen (secondary N) is 2. The molecule has 2 N–H and O–H groups in total. The van der Waals surface area contributed by atoms with Crippen LogP contribution in [-0.4, -0.2) is 27.2 Å². The zero-order valence-corrected chi connectivity index (χ0v) is 14.8. The van der Waals surface area contributed by atoms with E-state index in [2.05, 4.69) is 20.7 Å². The normalized spacial score (nSPS) is 10.5. The first kappa shape index (κ1) is 17.3. The van der Waals surface area contributed by atoms with Crippen molar-refractivity contribution in [2.75, 3.05) is 17.2 Å². The van der Waals surface area contributed by atoms with Crippen molar-refractivity contribution < 1.29 is 4.79 Å². The molecular weight excluding hydrogens is 361 g/mol. The summed E-state index contributed by atoms with van der Waals surface area (Å²) in [5, 5.41) is 11.2. The number of benzene rings is 2. The van der Waals surface area contributed by atoms with Crippen LogP contribution in [0.3, 0.4) is 0 Å². The average molecular weight is 376 g/mol. The molecule has 0 saturated carbocycles. The highest BCUT2D eigenvalue weighted by Gasteiger charge is 2.11. The summed E-state index contributed by atoms with van der Waals surface area (Å²) in [7, 11) is 0. The Kier molecular flexibility index (Phi) is 5.21. The second-order valence-electron chi connectivity index (χ2n) is 5.32. The van der Waals surface area contributed by atoms with Crippen molar-refractivity contribution >= 4 is 40.5 Å². The van der Waals surface area contributed by atoms with E-state index in [9.17, 15) is 4.79 Å². The highest BCUT2D eigenvalue weighted by Crippen LogP contribution is 2.25. The van der Waals surface area contributed by atoms with Crippen LogP contribution in [0.15, 0.2) is 49.1 Å². The number of rotatable bonds is 5. The molecule has 6 nitrogen and oxygen atoms in total. The van der Waals surface area contributed by atoms with Gasteiger partial charge in [0, 0.05) is 15.7 Å². The quantitative estimate of drug-likeness (QED) is 0.708. The molecule has 1 heterocycles. The van der Waals surface area contributed by atoms with E-state index in [1.54, 1.807) is 35.3 Å². The van der Waals surface area contributed by atoms with Gasteiger partial charge in [0.05, 0.1) is 17.9 Å². The fraction of sp³-hybridized carbons (Fsp3) is 0.118. The highest BCUT2D eigenvalue weighted by molar-refractivity contribution is 6.31. The van der Waals surface area contributed by atoms with Crippen molar-refractivity contribution in [1.29, 1.82) is 0 Å². The van der Waals surface area contributed by atoms with E-state index in [-0.39, 0.29) is 12.5 Å².